The van der Waals surface area contributed by atoms with Gasteiger partial charge in [0.1, 0.15) is 0 Å². The molecule has 1 saturated heterocycles. The van der Waals surface area contributed by atoms with Crippen molar-refractivity contribution in [2.24, 2.45) is 22.7 Å². The first-order valence-electron chi connectivity index (χ1n) is 7.72. The lowest BCUT2D eigenvalue weighted by atomic mass is 9.96. The molecule has 0 aromatic carbocycles. The van der Waals surface area contributed by atoms with E-state index in [9.17, 15) is 0 Å². The minimum Gasteiger partial charge on any atom is -0.359 e. The fourth-order valence-electron chi connectivity index (χ4n) is 3.14. The number of amidine groups is 1. The van der Waals surface area contributed by atoms with E-state index in [0.717, 1.165) is 24.3 Å². The molecule has 0 unspecified atom stereocenters. The monoisotopic (exact) mass is 266 g/mol. The molecule has 2 aliphatic carbocycles. The van der Waals surface area contributed by atoms with Crippen LogP contribution in [0, 0.1) is 17.8 Å². The molecule has 1 aliphatic heterocycles. The van der Waals surface area contributed by atoms with Gasteiger partial charge in [-0.3, -0.25) is 4.99 Å². The summed E-state index contributed by atoms with van der Waals surface area (Å²) in [4.78, 5) is 4.91. The molecule has 2 nitrogen and oxygen atoms in total. The second-order valence-electron chi connectivity index (χ2n) is 6.39. The molecule has 3 heteroatoms. The van der Waals surface area contributed by atoms with Gasteiger partial charge in [-0.05, 0) is 56.3 Å². The van der Waals surface area contributed by atoms with E-state index in [2.05, 4.69) is 19.2 Å². The van der Waals surface area contributed by atoms with Crippen molar-refractivity contribution in [2.45, 2.75) is 57.9 Å². The Bertz CT molecular complexity index is 315. The Balaban J connectivity index is 1.56. The lowest BCUT2D eigenvalue weighted by Crippen LogP contribution is -2.42. The molecule has 3 fully saturated rings. The van der Waals surface area contributed by atoms with Crippen molar-refractivity contribution in [3.63, 3.8) is 0 Å². The van der Waals surface area contributed by atoms with E-state index < -0.39 is 0 Å². The topological polar surface area (TPSA) is 24.4 Å². The third-order valence-electron chi connectivity index (χ3n) is 5.11. The van der Waals surface area contributed by atoms with E-state index >= 15 is 0 Å². The zero-order valence-corrected chi connectivity index (χ0v) is 12.6. The van der Waals surface area contributed by atoms with Crippen LogP contribution in [0.25, 0.3) is 0 Å². The summed E-state index contributed by atoms with van der Waals surface area (Å²) >= 11 is 1.94. The Morgan fingerprint density at radius 3 is 2.28 bits per heavy atom. The van der Waals surface area contributed by atoms with Crippen molar-refractivity contribution in [1.82, 2.24) is 5.32 Å². The Morgan fingerprint density at radius 1 is 1.22 bits per heavy atom. The molecular weight excluding hydrogens is 240 g/mol. The van der Waals surface area contributed by atoms with Gasteiger partial charge in [0, 0.05) is 17.8 Å². The predicted octanol–water partition coefficient (Wildman–Crippen LogP) is 3.67. The highest BCUT2D eigenvalue weighted by Gasteiger charge is 2.41. The van der Waals surface area contributed by atoms with Gasteiger partial charge in [-0.1, -0.05) is 25.6 Å². The van der Waals surface area contributed by atoms with Crippen molar-refractivity contribution >= 4 is 16.9 Å². The third kappa shape index (κ3) is 2.71. The zero-order valence-electron chi connectivity index (χ0n) is 11.7. The highest BCUT2D eigenvalue weighted by Crippen LogP contribution is 2.49. The molecule has 102 valence electrons. The Labute approximate surface area is 115 Å². The van der Waals surface area contributed by atoms with Crippen LogP contribution in [0.1, 0.15) is 52.4 Å². The van der Waals surface area contributed by atoms with Gasteiger partial charge < -0.3 is 5.32 Å². The average Bonchev–Trinajstić information content (AvgIpc) is 3.30. The lowest BCUT2D eigenvalue weighted by Gasteiger charge is -2.25. The molecule has 3 rings (SSSR count). The van der Waals surface area contributed by atoms with E-state index in [-0.39, 0.29) is 0 Å². The maximum Gasteiger partial charge on any atom is 0.157 e. The van der Waals surface area contributed by atoms with E-state index in [4.69, 9.17) is 4.99 Å². The maximum atomic E-state index is 4.91. The van der Waals surface area contributed by atoms with Gasteiger partial charge >= 0.3 is 0 Å². The van der Waals surface area contributed by atoms with Crippen LogP contribution in [0.2, 0.25) is 0 Å². The van der Waals surface area contributed by atoms with Gasteiger partial charge in [0.25, 0.3) is 0 Å². The van der Waals surface area contributed by atoms with Crippen molar-refractivity contribution in [3.8, 4) is 0 Å². The number of hydrogen-bond donors (Lipinski definition) is 1. The van der Waals surface area contributed by atoms with Gasteiger partial charge in [-0.25, -0.2) is 0 Å². The van der Waals surface area contributed by atoms with Crippen LogP contribution >= 0.6 is 11.8 Å². The van der Waals surface area contributed by atoms with Crippen LogP contribution < -0.4 is 5.32 Å². The van der Waals surface area contributed by atoms with Crippen LogP contribution in [0.5, 0.6) is 0 Å². The number of nitrogens with zero attached hydrogens (tertiary/aromatic N) is 1. The fourth-order valence-corrected chi connectivity index (χ4v) is 4.49. The summed E-state index contributed by atoms with van der Waals surface area (Å²) in [5, 5.41) is 4.92. The van der Waals surface area contributed by atoms with Crippen molar-refractivity contribution < 1.29 is 0 Å². The molecule has 0 radical (unpaired) electrons. The number of nitrogens with one attached hydrogen (secondary N) is 1. The smallest absolute Gasteiger partial charge is 0.157 e. The second kappa shape index (κ2) is 5.07. The van der Waals surface area contributed by atoms with E-state index in [1.165, 1.54) is 49.4 Å². The molecule has 1 N–H and O–H groups in total. The molecule has 3 aliphatic rings. The summed E-state index contributed by atoms with van der Waals surface area (Å²) < 4.78 is 0. The highest BCUT2D eigenvalue weighted by molar-refractivity contribution is 8.14. The summed E-state index contributed by atoms with van der Waals surface area (Å²) in [5.41, 5.74) is 0.332. The van der Waals surface area contributed by atoms with Crippen molar-refractivity contribution in [3.05, 3.63) is 0 Å². The molecule has 1 heterocycles. The molecule has 0 bridgehead atoms. The molecule has 0 amide bonds. The quantitative estimate of drug-likeness (QED) is 0.793. The second-order valence-corrected chi connectivity index (χ2v) is 7.35. The summed E-state index contributed by atoms with van der Waals surface area (Å²) in [5.74, 6) is 4.17. The van der Waals surface area contributed by atoms with Crippen LogP contribution in [-0.4, -0.2) is 23.0 Å². The van der Waals surface area contributed by atoms with Crippen molar-refractivity contribution in [2.75, 3.05) is 12.3 Å². The Hall–Kier alpha value is -0.180. The predicted molar refractivity (Wildman–Crippen MR) is 80.1 cm³/mol. The van der Waals surface area contributed by atoms with Crippen LogP contribution in [0.3, 0.4) is 0 Å². The van der Waals surface area contributed by atoms with Crippen LogP contribution in [-0.2, 0) is 0 Å². The standard InChI is InChI=1S/C15H26N2S/c1-3-15(4-2)10-18-14(17-15)16-9-13(11-5-6-11)12-7-8-12/h11-13H,3-10H2,1-2H3,(H,16,17). The first-order chi connectivity index (χ1) is 8.76. The van der Waals surface area contributed by atoms with Crippen LogP contribution in [0.4, 0.5) is 0 Å². The molecule has 0 aromatic rings. The summed E-state index contributed by atoms with van der Waals surface area (Å²) in [6.45, 7) is 5.67. The lowest BCUT2D eigenvalue weighted by molar-refractivity contribution is 0.402. The van der Waals surface area contributed by atoms with E-state index in [1.54, 1.807) is 0 Å². The molecular formula is C15H26N2S. The number of rotatable bonds is 6. The van der Waals surface area contributed by atoms with Gasteiger partial charge in [-0.2, -0.15) is 0 Å². The zero-order chi connectivity index (χ0) is 12.6. The summed E-state index contributed by atoms with van der Waals surface area (Å²) in [7, 11) is 0. The largest absolute Gasteiger partial charge is 0.359 e. The Kier molecular flexibility index (Phi) is 3.61. The molecule has 2 saturated carbocycles. The molecule has 18 heavy (non-hydrogen) atoms. The molecule has 0 atom stereocenters. The maximum absolute atomic E-state index is 4.91. The number of aliphatic imine (C=N–C) groups is 1. The number of thioether (sulfide) groups is 1. The first kappa shape index (κ1) is 12.8. The van der Waals surface area contributed by atoms with Gasteiger partial charge in [0.05, 0.1) is 0 Å². The Morgan fingerprint density at radius 2 is 1.83 bits per heavy atom. The third-order valence-corrected chi connectivity index (χ3v) is 6.31. The van der Waals surface area contributed by atoms with Gasteiger partial charge in [-0.15, -0.1) is 0 Å². The highest BCUT2D eigenvalue weighted by atomic mass is 32.2. The molecule has 0 spiro atoms. The van der Waals surface area contributed by atoms with E-state index in [0.29, 0.717) is 5.54 Å². The average molecular weight is 266 g/mol. The summed E-state index contributed by atoms with van der Waals surface area (Å²) in [6.07, 6.45) is 8.32. The minimum atomic E-state index is 0.332. The summed E-state index contributed by atoms with van der Waals surface area (Å²) in [6, 6.07) is 0. The van der Waals surface area contributed by atoms with Crippen molar-refractivity contribution in [1.29, 1.82) is 0 Å². The molecule has 0 aromatic heterocycles. The first-order valence-corrected chi connectivity index (χ1v) is 8.70. The van der Waals surface area contributed by atoms with Crippen LogP contribution in [0.15, 0.2) is 4.99 Å². The van der Waals surface area contributed by atoms with Gasteiger partial charge in [0.15, 0.2) is 5.17 Å². The van der Waals surface area contributed by atoms with E-state index in [1.807, 2.05) is 11.8 Å². The number of hydrogen-bond acceptors (Lipinski definition) is 2. The SMILES string of the molecule is CCC1(CC)CSC(=NCC(C2CC2)C2CC2)N1. The van der Waals surface area contributed by atoms with Gasteiger partial charge in [0.2, 0.25) is 0 Å². The fraction of sp³-hybridized carbons (Fsp3) is 0.933. The minimum absolute atomic E-state index is 0.332. The normalized spacial score (nSPS) is 28.9.